The van der Waals surface area contributed by atoms with Gasteiger partial charge in [-0.25, -0.2) is 4.79 Å². The molecule has 1 fully saturated rings. The van der Waals surface area contributed by atoms with Gasteiger partial charge in [-0.15, -0.1) is 0 Å². The summed E-state index contributed by atoms with van der Waals surface area (Å²) in [6, 6.07) is 0. The van der Waals surface area contributed by atoms with Crippen molar-refractivity contribution in [2.24, 2.45) is 5.92 Å². The number of aliphatic hydroxyl groups excluding tert-OH is 1. The molecule has 7 heteroatoms. The third-order valence-corrected chi connectivity index (χ3v) is 3.92. The quantitative estimate of drug-likeness (QED) is 0.346. The van der Waals surface area contributed by atoms with E-state index in [4.69, 9.17) is 14.2 Å². The minimum atomic E-state index is -1.34. The van der Waals surface area contributed by atoms with E-state index in [1.165, 1.54) is 0 Å². The summed E-state index contributed by atoms with van der Waals surface area (Å²) in [5.41, 5.74) is 0. The summed E-state index contributed by atoms with van der Waals surface area (Å²) in [6.07, 6.45) is 1.50. The molecule has 1 aliphatic rings. The fourth-order valence-electron chi connectivity index (χ4n) is 2.49. The second-order valence-corrected chi connectivity index (χ2v) is 5.96. The van der Waals surface area contributed by atoms with Crippen molar-refractivity contribution in [2.75, 3.05) is 13.2 Å². The molecular formula is C17H28O7. The fourth-order valence-corrected chi connectivity index (χ4v) is 2.49. The summed E-state index contributed by atoms with van der Waals surface area (Å²) >= 11 is 0. The number of hydrogen-bond donors (Lipinski definition) is 1. The van der Waals surface area contributed by atoms with Crippen molar-refractivity contribution in [3.8, 4) is 0 Å². The Kier molecular flexibility index (Phi) is 9.37. The standard InChI is InChI=1S/C17H28O7/c1-3-5-10-22-17(21)13(18)7-8-15(19)24-14(6-4-2)12-9-11-23-16(12)20/h12-14,18H,3-11H2,1-2H3. The Morgan fingerprint density at radius 3 is 2.62 bits per heavy atom. The average molecular weight is 344 g/mol. The molecule has 1 aliphatic heterocycles. The molecule has 3 unspecified atom stereocenters. The zero-order chi connectivity index (χ0) is 17.9. The summed E-state index contributed by atoms with van der Waals surface area (Å²) in [6.45, 7) is 4.52. The SMILES string of the molecule is CCCCOC(=O)C(O)CCC(=O)OC(CCC)C1CCOC1=O. The molecule has 0 spiro atoms. The molecule has 24 heavy (non-hydrogen) atoms. The highest BCUT2D eigenvalue weighted by atomic mass is 16.6. The number of rotatable bonds is 11. The van der Waals surface area contributed by atoms with E-state index in [1.807, 2.05) is 13.8 Å². The molecule has 1 N–H and O–H groups in total. The smallest absolute Gasteiger partial charge is 0.334 e. The van der Waals surface area contributed by atoms with Gasteiger partial charge in [0, 0.05) is 6.42 Å². The molecule has 0 bridgehead atoms. The zero-order valence-electron chi connectivity index (χ0n) is 14.5. The van der Waals surface area contributed by atoms with Crippen LogP contribution in [0.1, 0.15) is 58.8 Å². The lowest BCUT2D eigenvalue weighted by Gasteiger charge is -2.21. The summed E-state index contributed by atoms with van der Waals surface area (Å²) in [7, 11) is 0. The van der Waals surface area contributed by atoms with Crippen molar-refractivity contribution < 1.29 is 33.7 Å². The van der Waals surface area contributed by atoms with Crippen LogP contribution in [-0.4, -0.2) is 48.4 Å². The van der Waals surface area contributed by atoms with E-state index in [0.29, 0.717) is 19.4 Å². The number of aliphatic hydroxyl groups is 1. The molecule has 0 saturated carbocycles. The third kappa shape index (κ3) is 6.86. The van der Waals surface area contributed by atoms with Gasteiger partial charge in [-0.2, -0.15) is 0 Å². The van der Waals surface area contributed by atoms with Gasteiger partial charge in [-0.3, -0.25) is 9.59 Å². The Labute approximate surface area is 142 Å². The molecule has 0 amide bonds. The number of ether oxygens (including phenoxy) is 3. The third-order valence-electron chi connectivity index (χ3n) is 3.92. The zero-order valence-corrected chi connectivity index (χ0v) is 14.5. The summed E-state index contributed by atoms with van der Waals surface area (Å²) in [4.78, 5) is 35.1. The molecule has 0 aromatic carbocycles. The molecule has 7 nitrogen and oxygen atoms in total. The van der Waals surface area contributed by atoms with Gasteiger partial charge in [0.15, 0.2) is 6.10 Å². The predicted molar refractivity (Wildman–Crippen MR) is 85.0 cm³/mol. The number of carbonyl (C=O) groups excluding carboxylic acids is 3. The lowest BCUT2D eigenvalue weighted by Crippen LogP contribution is -2.31. The molecule has 0 aromatic heterocycles. The molecule has 3 atom stereocenters. The number of cyclic esters (lactones) is 1. The van der Waals surface area contributed by atoms with Crippen molar-refractivity contribution in [1.82, 2.24) is 0 Å². The number of carbonyl (C=O) groups is 3. The van der Waals surface area contributed by atoms with Gasteiger partial charge in [0.2, 0.25) is 0 Å². The lowest BCUT2D eigenvalue weighted by atomic mass is 9.97. The maximum atomic E-state index is 11.9. The molecule has 1 saturated heterocycles. The normalized spacial score (nSPS) is 19.5. The Balaban J connectivity index is 2.37. The van der Waals surface area contributed by atoms with Gasteiger partial charge in [-0.1, -0.05) is 26.7 Å². The first kappa shape index (κ1) is 20.4. The summed E-state index contributed by atoms with van der Waals surface area (Å²) in [5.74, 6) is -2.01. The average Bonchev–Trinajstić information content (AvgIpc) is 2.98. The first-order chi connectivity index (χ1) is 11.5. The second kappa shape index (κ2) is 11.0. The molecule has 0 radical (unpaired) electrons. The maximum Gasteiger partial charge on any atom is 0.334 e. The van der Waals surface area contributed by atoms with Gasteiger partial charge in [0.1, 0.15) is 6.10 Å². The van der Waals surface area contributed by atoms with E-state index >= 15 is 0 Å². The van der Waals surface area contributed by atoms with Crippen LogP contribution in [-0.2, 0) is 28.6 Å². The predicted octanol–water partition coefficient (Wildman–Crippen LogP) is 1.75. The van der Waals surface area contributed by atoms with Gasteiger partial charge >= 0.3 is 17.9 Å². The summed E-state index contributed by atoms with van der Waals surface area (Å²) < 4.78 is 15.2. The fraction of sp³-hybridized carbons (Fsp3) is 0.824. The largest absolute Gasteiger partial charge is 0.465 e. The maximum absolute atomic E-state index is 11.9. The summed E-state index contributed by atoms with van der Waals surface area (Å²) in [5, 5.41) is 9.70. The van der Waals surface area contributed by atoms with Gasteiger partial charge < -0.3 is 19.3 Å². The van der Waals surface area contributed by atoms with Crippen LogP contribution < -0.4 is 0 Å². The first-order valence-electron chi connectivity index (χ1n) is 8.70. The highest BCUT2D eigenvalue weighted by Crippen LogP contribution is 2.24. The van der Waals surface area contributed by atoms with Crippen molar-refractivity contribution in [3.05, 3.63) is 0 Å². The lowest BCUT2D eigenvalue weighted by molar-refractivity contribution is -0.158. The van der Waals surface area contributed by atoms with Crippen LogP contribution in [0, 0.1) is 5.92 Å². The van der Waals surface area contributed by atoms with E-state index in [9.17, 15) is 19.5 Å². The molecule has 1 heterocycles. The highest BCUT2D eigenvalue weighted by molar-refractivity contribution is 5.77. The Bertz CT molecular complexity index is 421. The van der Waals surface area contributed by atoms with Crippen LogP contribution >= 0.6 is 0 Å². The number of hydrogen-bond acceptors (Lipinski definition) is 7. The Morgan fingerprint density at radius 2 is 2.04 bits per heavy atom. The highest BCUT2D eigenvalue weighted by Gasteiger charge is 2.36. The molecule has 0 aliphatic carbocycles. The topological polar surface area (TPSA) is 99.1 Å². The number of esters is 3. The number of unbranched alkanes of at least 4 members (excludes halogenated alkanes) is 1. The van der Waals surface area contributed by atoms with Crippen LogP contribution in [0.3, 0.4) is 0 Å². The van der Waals surface area contributed by atoms with E-state index in [-0.39, 0.29) is 25.4 Å². The minimum absolute atomic E-state index is 0.0578. The van der Waals surface area contributed by atoms with Crippen LogP contribution in [0.2, 0.25) is 0 Å². The first-order valence-corrected chi connectivity index (χ1v) is 8.70. The minimum Gasteiger partial charge on any atom is -0.465 e. The molecular weight excluding hydrogens is 316 g/mol. The second-order valence-electron chi connectivity index (χ2n) is 5.96. The van der Waals surface area contributed by atoms with Crippen LogP contribution in [0.15, 0.2) is 0 Å². The Hall–Kier alpha value is -1.63. The van der Waals surface area contributed by atoms with Crippen molar-refractivity contribution in [3.63, 3.8) is 0 Å². The van der Waals surface area contributed by atoms with Crippen molar-refractivity contribution >= 4 is 17.9 Å². The van der Waals surface area contributed by atoms with E-state index < -0.39 is 30.1 Å². The van der Waals surface area contributed by atoms with E-state index in [2.05, 4.69) is 0 Å². The molecule has 138 valence electrons. The molecule has 1 rings (SSSR count). The van der Waals surface area contributed by atoms with Gasteiger partial charge in [-0.05, 0) is 25.7 Å². The monoisotopic (exact) mass is 344 g/mol. The van der Waals surface area contributed by atoms with E-state index in [0.717, 1.165) is 19.3 Å². The van der Waals surface area contributed by atoms with Crippen molar-refractivity contribution in [1.29, 1.82) is 0 Å². The van der Waals surface area contributed by atoms with Gasteiger partial charge in [0.25, 0.3) is 0 Å². The van der Waals surface area contributed by atoms with Crippen LogP contribution in [0.5, 0.6) is 0 Å². The van der Waals surface area contributed by atoms with E-state index in [1.54, 1.807) is 0 Å². The van der Waals surface area contributed by atoms with Crippen molar-refractivity contribution in [2.45, 2.75) is 71.0 Å². The van der Waals surface area contributed by atoms with Crippen LogP contribution in [0.25, 0.3) is 0 Å². The Morgan fingerprint density at radius 1 is 1.29 bits per heavy atom. The van der Waals surface area contributed by atoms with Gasteiger partial charge in [0.05, 0.1) is 19.1 Å². The molecule has 0 aromatic rings. The van der Waals surface area contributed by atoms with Crippen LogP contribution in [0.4, 0.5) is 0 Å².